The van der Waals surface area contributed by atoms with Crippen LogP contribution in [0.1, 0.15) is 51.9 Å². The fraction of sp³-hybridized carbons (Fsp3) is 1.00. The maximum absolute atomic E-state index is 3.87. The first-order valence-corrected chi connectivity index (χ1v) is 6.87. The Labute approximate surface area is 94.2 Å². The molecule has 1 aliphatic carbocycles. The predicted octanol–water partition coefficient (Wildman–Crippen LogP) is 2.30. The molecule has 0 amide bonds. The molecule has 2 heteroatoms. The monoisotopic (exact) mass is 210 g/mol. The smallest absolute Gasteiger partial charge is 0.0207 e. The van der Waals surface area contributed by atoms with E-state index in [1.54, 1.807) is 0 Å². The topological polar surface area (TPSA) is 24.1 Å². The quantitative estimate of drug-likeness (QED) is 0.744. The second-order valence-electron chi connectivity index (χ2n) is 5.27. The standard InChI is InChI=1S/C13H26N2/c1-2-13(11-6-4-3-5-7-11)15-12-8-9-14-10-12/h11-15H,2-10H2,1H3. The van der Waals surface area contributed by atoms with E-state index >= 15 is 0 Å². The zero-order chi connectivity index (χ0) is 10.5. The predicted molar refractivity (Wildman–Crippen MR) is 65.1 cm³/mol. The first kappa shape index (κ1) is 11.4. The Morgan fingerprint density at radius 1 is 1.20 bits per heavy atom. The minimum absolute atomic E-state index is 0.747. The summed E-state index contributed by atoms with van der Waals surface area (Å²) >= 11 is 0. The van der Waals surface area contributed by atoms with Gasteiger partial charge in [-0.05, 0) is 38.1 Å². The van der Waals surface area contributed by atoms with Crippen LogP contribution in [-0.2, 0) is 0 Å². The van der Waals surface area contributed by atoms with Gasteiger partial charge in [0.2, 0.25) is 0 Å². The van der Waals surface area contributed by atoms with Crippen molar-refractivity contribution >= 4 is 0 Å². The molecule has 1 saturated heterocycles. The SMILES string of the molecule is CCC(NC1CCNC1)C1CCCCC1. The second kappa shape index (κ2) is 5.86. The Hall–Kier alpha value is -0.0800. The zero-order valence-corrected chi connectivity index (χ0v) is 10.1. The molecule has 0 radical (unpaired) electrons. The lowest BCUT2D eigenvalue weighted by Gasteiger charge is -2.32. The minimum atomic E-state index is 0.747. The average Bonchev–Trinajstić information content (AvgIpc) is 2.80. The second-order valence-corrected chi connectivity index (χ2v) is 5.27. The maximum Gasteiger partial charge on any atom is 0.0207 e. The molecular formula is C13H26N2. The molecule has 15 heavy (non-hydrogen) atoms. The molecular weight excluding hydrogens is 184 g/mol. The van der Waals surface area contributed by atoms with Crippen molar-refractivity contribution in [3.8, 4) is 0 Å². The molecule has 2 rings (SSSR count). The van der Waals surface area contributed by atoms with E-state index in [0.29, 0.717) is 0 Å². The van der Waals surface area contributed by atoms with Gasteiger partial charge in [-0.2, -0.15) is 0 Å². The first-order chi connectivity index (χ1) is 7.40. The summed E-state index contributed by atoms with van der Waals surface area (Å²) in [5.41, 5.74) is 0. The van der Waals surface area contributed by atoms with Crippen molar-refractivity contribution in [2.75, 3.05) is 13.1 Å². The summed E-state index contributed by atoms with van der Waals surface area (Å²) in [5.74, 6) is 0.962. The van der Waals surface area contributed by atoms with Crippen LogP contribution in [0.25, 0.3) is 0 Å². The van der Waals surface area contributed by atoms with Gasteiger partial charge in [0.05, 0.1) is 0 Å². The van der Waals surface area contributed by atoms with Gasteiger partial charge in [0, 0.05) is 18.6 Å². The average molecular weight is 210 g/mol. The number of hydrogen-bond acceptors (Lipinski definition) is 2. The van der Waals surface area contributed by atoms with Gasteiger partial charge >= 0.3 is 0 Å². The van der Waals surface area contributed by atoms with E-state index < -0.39 is 0 Å². The molecule has 2 atom stereocenters. The van der Waals surface area contributed by atoms with E-state index in [0.717, 1.165) is 18.0 Å². The largest absolute Gasteiger partial charge is 0.315 e. The third kappa shape index (κ3) is 3.18. The van der Waals surface area contributed by atoms with E-state index in [9.17, 15) is 0 Å². The van der Waals surface area contributed by atoms with Crippen molar-refractivity contribution < 1.29 is 0 Å². The van der Waals surface area contributed by atoms with Gasteiger partial charge in [-0.1, -0.05) is 26.2 Å². The molecule has 2 N–H and O–H groups in total. The molecule has 0 aromatic rings. The van der Waals surface area contributed by atoms with E-state index in [-0.39, 0.29) is 0 Å². The number of nitrogens with one attached hydrogen (secondary N) is 2. The van der Waals surface area contributed by atoms with Crippen molar-refractivity contribution in [2.24, 2.45) is 5.92 Å². The van der Waals surface area contributed by atoms with Crippen molar-refractivity contribution in [2.45, 2.75) is 64.0 Å². The van der Waals surface area contributed by atoms with Crippen molar-refractivity contribution in [3.05, 3.63) is 0 Å². The van der Waals surface area contributed by atoms with Crippen LogP contribution < -0.4 is 10.6 Å². The van der Waals surface area contributed by atoms with Crippen LogP contribution in [0.5, 0.6) is 0 Å². The van der Waals surface area contributed by atoms with Gasteiger partial charge in [0.15, 0.2) is 0 Å². The fourth-order valence-electron chi connectivity index (χ4n) is 3.22. The van der Waals surface area contributed by atoms with Crippen LogP contribution in [0.4, 0.5) is 0 Å². The van der Waals surface area contributed by atoms with Crippen LogP contribution in [-0.4, -0.2) is 25.2 Å². The maximum atomic E-state index is 3.87. The molecule has 1 saturated carbocycles. The molecule has 0 aromatic carbocycles. The minimum Gasteiger partial charge on any atom is -0.315 e. The van der Waals surface area contributed by atoms with Crippen molar-refractivity contribution in [3.63, 3.8) is 0 Å². The summed E-state index contributed by atoms with van der Waals surface area (Å²) in [7, 11) is 0. The first-order valence-electron chi connectivity index (χ1n) is 6.87. The van der Waals surface area contributed by atoms with Crippen LogP contribution in [0.3, 0.4) is 0 Å². The summed E-state index contributed by atoms with van der Waals surface area (Å²) in [6.45, 7) is 4.73. The summed E-state index contributed by atoms with van der Waals surface area (Å²) in [5, 5.41) is 7.32. The third-order valence-corrected chi connectivity index (χ3v) is 4.17. The Bertz CT molecular complexity index is 169. The zero-order valence-electron chi connectivity index (χ0n) is 10.1. The Balaban J connectivity index is 1.79. The lowest BCUT2D eigenvalue weighted by molar-refractivity contribution is 0.248. The molecule has 1 heterocycles. The van der Waals surface area contributed by atoms with Crippen LogP contribution in [0.2, 0.25) is 0 Å². The Morgan fingerprint density at radius 2 is 2.00 bits per heavy atom. The van der Waals surface area contributed by atoms with E-state index in [1.807, 2.05) is 0 Å². The van der Waals surface area contributed by atoms with Gasteiger partial charge in [-0.3, -0.25) is 0 Å². The highest BCUT2D eigenvalue weighted by atomic mass is 15.0. The molecule has 0 spiro atoms. The van der Waals surface area contributed by atoms with Gasteiger partial charge < -0.3 is 10.6 Å². The molecule has 0 bridgehead atoms. The molecule has 2 aliphatic rings. The van der Waals surface area contributed by atoms with Gasteiger partial charge in [-0.15, -0.1) is 0 Å². The highest BCUT2D eigenvalue weighted by Crippen LogP contribution is 2.28. The molecule has 2 fully saturated rings. The summed E-state index contributed by atoms with van der Waals surface area (Å²) in [6.07, 6.45) is 9.96. The van der Waals surface area contributed by atoms with E-state index in [2.05, 4.69) is 17.6 Å². The lowest BCUT2D eigenvalue weighted by atomic mass is 9.82. The Morgan fingerprint density at radius 3 is 2.60 bits per heavy atom. The van der Waals surface area contributed by atoms with E-state index in [4.69, 9.17) is 0 Å². The van der Waals surface area contributed by atoms with Crippen LogP contribution in [0, 0.1) is 5.92 Å². The van der Waals surface area contributed by atoms with Crippen LogP contribution in [0.15, 0.2) is 0 Å². The van der Waals surface area contributed by atoms with E-state index in [1.165, 1.54) is 58.0 Å². The fourth-order valence-corrected chi connectivity index (χ4v) is 3.22. The molecule has 2 nitrogen and oxygen atoms in total. The molecule has 1 aliphatic heterocycles. The summed E-state index contributed by atoms with van der Waals surface area (Å²) in [4.78, 5) is 0. The number of rotatable bonds is 4. The normalized spacial score (nSPS) is 30.6. The molecule has 88 valence electrons. The van der Waals surface area contributed by atoms with Crippen molar-refractivity contribution in [1.29, 1.82) is 0 Å². The third-order valence-electron chi connectivity index (χ3n) is 4.17. The summed E-state index contributed by atoms with van der Waals surface area (Å²) < 4.78 is 0. The summed E-state index contributed by atoms with van der Waals surface area (Å²) in [6, 6.07) is 1.53. The molecule has 0 aromatic heterocycles. The molecule has 2 unspecified atom stereocenters. The number of hydrogen-bond donors (Lipinski definition) is 2. The van der Waals surface area contributed by atoms with Crippen molar-refractivity contribution in [1.82, 2.24) is 10.6 Å². The Kier molecular flexibility index (Phi) is 4.45. The van der Waals surface area contributed by atoms with Gasteiger partial charge in [0.25, 0.3) is 0 Å². The van der Waals surface area contributed by atoms with Crippen LogP contribution >= 0.6 is 0 Å². The highest BCUT2D eigenvalue weighted by Gasteiger charge is 2.25. The highest BCUT2D eigenvalue weighted by molar-refractivity contribution is 4.85. The van der Waals surface area contributed by atoms with Gasteiger partial charge in [0.1, 0.15) is 0 Å². The van der Waals surface area contributed by atoms with Gasteiger partial charge in [-0.25, -0.2) is 0 Å². The lowest BCUT2D eigenvalue weighted by Crippen LogP contribution is -2.44.